The molecule has 2 aliphatic heterocycles. The molecule has 2 amide bonds. The van der Waals surface area contributed by atoms with E-state index in [0.717, 1.165) is 58.3 Å². The summed E-state index contributed by atoms with van der Waals surface area (Å²) >= 11 is 0. The Balaban J connectivity index is 1.47. The van der Waals surface area contributed by atoms with E-state index in [1.54, 1.807) is 25.3 Å². The summed E-state index contributed by atoms with van der Waals surface area (Å²) in [5.74, 6) is 0.769. The first-order chi connectivity index (χ1) is 13.6. The zero-order valence-corrected chi connectivity index (χ0v) is 16.8. The molecule has 1 spiro atoms. The van der Waals surface area contributed by atoms with E-state index in [4.69, 9.17) is 4.74 Å². The van der Waals surface area contributed by atoms with Gasteiger partial charge in [-0.05, 0) is 68.8 Å². The van der Waals surface area contributed by atoms with E-state index in [1.807, 2.05) is 4.90 Å². The summed E-state index contributed by atoms with van der Waals surface area (Å²) in [6.07, 6.45) is 7.59. The highest BCUT2D eigenvalue weighted by atomic mass is 16.5. The Morgan fingerprint density at radius 1 is 1.14 bits per heavy atom. The molecule has 28 heavy (non-hydrogen) atoms. The van der Waals surface area contributed by atoms with Gasteiger partial charge in [-0.3, -0.25) is 9.59 Å². The van der Waals surface area contributed by atoms with Gasteiger partial charge in [0.25, 0.3) is 5.91 Å². The Labute approximate surface area is 167 Å². The van der Waals surface area contributed by atoms with Crippen molar-refractivity contribution in [1.82, 2.24) is 10.2 Å². The number of likely N-dealkylation sites (tertiary alicyclic amines) is 1. The molecule has 2 saturated heterocycles. The lowest BCUT2D eigenvalue weighted by atomic mass is 9.92. The van der Waals surface area contributed by atoms with Crippen LogP contribution in [0.2, 0.25) is 0 Å². The molecule has 3 aliphatic rings. The minimum absolute atomic E-state index is 0.0429. The lowest BCUT2D eigenvalue weighted by Crippen LogP contribution is -2.32. The number of nitrogens with zero attached hydrogens (tertiary/aromatic N) is 1. The molecule has 1 unspecified atom stereocenters. The number of rotatable bonds is 4. The molecule has 0 bridgehead atoms. The van der Waals surface area contributed by atoms with Crippen LogP contribution in [0.25, 0.3) is 0 Å². The number of ether oxygens (including phenoxy) is 1. The third-order valence-electron chi connectivity index (χ3n) is 6.70. The number of anilines is 1. The van der Waals surface area contributed by atoms with Crippen molar-refractivity contribution >= 4 is 17.5 Å². The number of hydrogen-bond donors (Lipinski definition) is 2. The summed E-state index contributed by atoms with van der Waals surface area (Å²) in [5.41, 5.74) is 1.40. The molecule has 1 aromatic carbocycles. The average Bonchev–Trinajstić information content (AvgIpc) is 3.47. The van der Waals surface area contributed by atoms with Crippen molar-refractivity contribution in [1.29, 1.82) is 0 Å². The average molecular weight is 386 g/mol. The van der Waals surface area contributed by atoms with Crippen molar-refractivity contribution in [3.05, 3.63) is 23.8 Å². The van der Waals surface area contributed by atoms with Crippen molar-refractivity contribution in [2.45, 2.75) is 44.9 Å². The maximum absolute atomic E-state index is 12.9. The van der Waals surface area contributed by atoms with Crippen LogP contribution in [-0.2, 0) is 4.79 Å². The molecule has 1 saturated carbocycles. The molecular weight excluding hydrogens is 354 g/mol. The molecule has 152 valence electrons. The lowest BCUT2D eigenvalue weighted by molar-refractivity contribution is -0.118. The smallest absolute Gasteiger partial charge is 0.253 e. The summed E-state index contributed by atoms with van der Waals surface area (Å²) in [6.45, 7) is 3.61. The Morgan fingerprint density at radius 2 is 1.86 bits per heavy atom. The standard InChI is InChI=1S/C22H31N3O3/c1-28-19-7-6-16(21(27)25-12-4-2-3-5-13-25)14-18(19)24-20(26)17-15-22(17)8-10-23-11-9-22/h6-7,14,17,23H,2-5,8-13,15H2,1H3,(H,24,26). The SMILES string of the molecule is COc1ccc(C(=O)N2CCCCCC2)cc1NC(=O)C1CC12CCNCC2. The predicted molar refractivity (Wildman–Crippen MR) is 109 cm³/mol. The van der Waals surface area contributed by atoms with Gasteiger partial charge in [0.1, 0.15) is 5.75 Å². The molecule has 1 aliphatic carbocycles. The molecular formula is C22H31N3O3. The second-order valence-electron chi connectivity index (χ2n) is 8.48. The maximum Gasteiger partial charge on any atom is 0.253 e. The Morgan fingerprint density at radius 3 is 2.54 bits per heavy atom. The van der Waals surface area contributed by atoms with Crippen LogP contribution in [-0.4, -0.2) is 50.0 Å². The first-order valence-corrected chi connectivity index (χ1v) is 10.6. The van der Waals surface area contributed by atoms with Gasteiger partial charge in [-0.25, -0.2) is 0 Å². The highest BCUT2D eigenvalue weighted by Gasteiger charge is 2.57. The van der Waals surface area contributed by atoms with E-state index in [0.29, 0.717) is 17.0 Å². The summed E-state index contributed by atoms with van der Waals surface area (Å²) in [7, 11) is 1.59. The van der Waals surface area contributed by atoms with E-state index in [2.05, 4.69) is 10.6 Å². The Bertz CT molecular complexity index is 735. The van der Waals surface area contributed by atoms with E-state index in [-0.39, 0.29) is 23.1 Å². The second-order valence-corrected chi connectivity index (χ2v) is 8.48. The Kier molecular flexibility index (Phi) is 5.58. The van der Waals surface area contributed by atoms with Gasteiger partial charge in [-0.15, -0.1) is 0 Å². The number of nitrogens with one attached hydrogen (secondary N) is 2. The fourth-order valence-corrected chi connectivity index (χ4v) is 4.81. The van der Waals surface area contributed by atoms with E-state index in [9.17, 15) is 9.59 Å². The van der Waals surface area contributed by atoms with Crippen LogP contribution in [0.1, 0.15) is 55.3 Å². The molecule has 1 atom stereocenters. The summed E-state index contributed by atoms with van der Waals surface area (Å²) in [4.78, 5) is 27.7. The number of carbonyl (C=O) groups excluding carboxylic acids is 2. The minimum Gasteiger partial charge on any atom is -0.495 e. The van der Waals surface area contributed by atoms with Crippen LogP contribution >= 0.6 is 0 Å². The predicted octanol–water partition coefficient (Wildman–Crippen LogP) is 3.04. The fraction of sp³-hybridized carbons (Fsp3) is 0.636. The highest BCUT2D eigenvalue weighted by Crippen LogP contribution is 2.58. The van der Waals surface area contributed by atoms with Crippen molar-refractivity contribution in [3.8, 4) is 5.75 Å². The van der Waals surface area contributed by atoms with Gasteiger partial charge < -0.3 is 20.3 Å². The lowest BCUT2D eigenvalue weighted by Gasteiger charge is -2.23. The molecule has 2 heterocycles. The van der Waals surface area contributed by atoms with E-state index in [1.165, 1.54) is 12.8 Å². The van der Waals surface area contributed by atoms with Crippen LogP contribution < -0.4 is 15.4 Å². The van der Waals surface area contributed by atoms with Crippen molar-refractivity contribution < 1.29 is 14.3 Å². The number of benzene rings is 1. The zero-order valence-electron chi connectivity index (χ0n) is 16.8. The minimum atomic E-state index is 0.0429. The quantitative estimate of drug-likeness (QED) is 0.836. The highest BCUT2D eigenvalue weighted by molar-refractivity contribution is 6.00. The number of methoxy groups -OCH3 is 1. The molecule has 0 aromatic heterocycles. The maximum atomic E-state index is 12.9. The summed E-state index contributed by atoms with van der Waals surface area (Å²) in [5, 5.41) is 6.42. The van der Waals surface area contributed by atoms with E-state index >= 15 is 0 Å². The van der Waals surface area contributed by atoms with Crippen LogP contribution in [0.4, 0.5) is 5.69 Å². The third kappa shape index (κ3) is 3.88. The van der Waals surface area contributed by atoms with Crippen LogP contribution in [0, 0.1) is 11.3 Å². The molecule has 3 fully saturated rings. The zero-order chi connectivity index (χ0) is 19.6. The molecule has 4 rings (SSSR count). The molecule has 6 heteroatoms. The van der Waals surface area contributed by atoms with Crippen molar-refractivity contribution in [3.63, 3.8) is 0 Å². The van der Waals surface area contributed by atoms with Crippen molar-refractivity contribution in [2.24, 2.45) is 11.3 Å². The largest absolute Gasteiger partial charge is 0.495 e. The number of carbonyl (C=O) groups is 2. The van der Waals surface area contributed by atoms with Gasteiger partial charge in [0.2, 0.25) is 5.91 Å². The molecule has 1 aromatic rings. The first-order valence-electron chi connectivity index (χ1n) is 10.6. The number of hydrogen-bond acceptors (Lipinski definition) is 4. The van der Waals surface area contributed by atoms with Gasteiger partial charge >= 0.3 is 0 Å². The van der Waals surface area contributed by atoms with Gasteiger partial charge in [-0.1, -0.05) is 12.8 Å². The fourth-order valence-electron chi connectivity index (χ4n) is 4.81. The van der Waals surface area contributed by atoms with Crippen LogP contribution in [0.5, 0.6) is 5.75 Å². The Hall–Kier alpha value is -2.08. The molecule has 2 N–H and O–H groups in total. The molecule has 6 nitrogen and oxygen atoms in total. The topological polar surface area (TPSA) is 70.7 Å². The van der Waals surface area contributed by atoms with Gasteiger partial charge in [0.05, 0.1) is 12.8 Å². The van der Waals surface area contributed by atoms with Crippen LogP contribution in [0.3, 0.4) is 0 Å². The van der Waals surface area contributed by atoms with Crippen molar-refractivity contribution in [2.75, 3.05) is 38.6 Å². The van der Waals surface area contributed by atoms with E-state index < -0.39 is 0 Å². The normalized spacial score (nSPS) is 23.8. The second kappa shape index (κ2) is 8.11. The monoisotopic (exact) mass is 385 g/mol. The summed E-state index contributed by atoms with van der Waals surface area (Å²) < 4.78 is 5.43. The van der Waals surface area contributed by atoms with Gasteiger partial charge in [0, 0.05) is 24.6 Å². The molecule has 0 radical (unpaired) electrons. The first kappa shape index (κ1) is 19.2. The van der Waals surface area contributed by atoms with Gasteiger partial charge in [-0.2, -0.15) is 0 Å². The number of piperidine rings is 1. The third-order valence-corrected chi connectivity index (χ3v) is 6.70. The van der Waals surface area contributed by atoms with Crippen LogP contribution in [0.15, 0.2) is 18.2 Å². The number of amides is 2. The van der Waals surface area contributed by atoms with Gasteiger partial charge in [0.15, 0.2) is 0 Å². The summed E-state index contributed by atoms with van der Waals surface area (Å²) in [6, 6.07) is 5.36.